The molecule has 2 heteroatoms. The van der Waals surface area contributed by atoms with Gasteiger partial charge in [-0.05, 0) is 37.8 Å². The lowest BCUT2D eigenvalue weighted by Gasteiger charge is -2.29. The second kappa shape index (κ2) is 6.89. The van der Waals surface area contributed by atoms with Crippen LogP contribution < -0.4 is 5.32 Å². The Morgan fingerprint density at radius 1 is 1.47 bits per heavy atom. The molecular formula is C13H25NO. The minimum Gasteiger partial charge on any atom is -0.497 e. The molecular weight excluding hydrogens is 186 g/mol. The van der Waals surface area contributed by atoms with Crippen molar-refractivity contribution in [3.8, 4) is 0 Å². The number of allylic oxidation sites excluding steroid dienone is 1. The zero-order chi connectivity index (χ0) is 11.1. The number of hydrogen-bond donors (Lipinski definition) is 1. The second-order valence-corrected chi connectivity index (χ2v) is 4.41. The first kappa shape index (κ1) is 12.6. The van der Waals surface area contributed by atoms with E-state index in [4.69, 9.17) is 4.74 Å². The first-order valence-electron chi connectivity index (χ1n) is 6.35. The van der Waals surface area contributed by atoms with Crippen molar-refractivity contribution in [2.75, 3.05) is 13.2 Å². The third kappa shape index (κ3) is 3.86. The summed E-state index contributed by atoms with van der Waals surface area (Å²) in [6.45, 7) is 8.72. The molecule has 0 fully saturated rings. The predicted molar refractivity (Wildman–Crippen MR) is 64.8 cm³/mol. The summed E-state index contributed by atoms with van der Waals surface area (Å²) in [6, 6.07) is 0.426. The zero-order valence-electron chi connectivity index (χ0n) is 10.4. The van der Waals surface area contributed by atoms with Crippen LogP contribution in [0.1, 0.15) is 46.5 Å². The van der Waals surface area contributed by atoms with Crippen LogP contribution in [-0.2, 0) is 4.74 Å². The normalized spacial score (nSPS) is 20.3. The van der Waals surface area contributed by atoms with Crippen LogP contribution in [0, 0.1) is 5.92 Å². The van der Waals surface area contributed by atoms with E-state index >= 15 is 0 Å². The molecule has 0 spiro atoms. The van der Waals surface area contributed by atoms with Crippen LogP contribution in [0.5, 0.6) is 0 Å². The highest BCUT2D eigenvalue weighted by Crippen LogP contribution is 2.21. The van der Waals surface area contributed by atoms with Crippen LogP contribution in [0.25, 0.3) is 0 Å². The molecule has 0 aromatic rings. The Balaban J connectivity index is 2.57. The Bertz CT molecular complexity index is 201. The minimum atomic E-state index is 0.426. The van der Waals surface area contributed by atoms with Crippen molar-refractivity contribution < 1.29 is 4.74 Å². The van der Waals surface area contributed by atoms with Gasteiger partial charge >= 0.3 is 0 Å². The summed E-state index contributed by atoms with van der Waals surface area (Å²) in [5.41, 5.74) is 0. The van der Waals surface area contributed by atoms with Gasteiger partial charge in [-0.25, -0.2) is 0 Å². The molecule has 0 aromatic heterocycles. The van der Waals surface area contributed by atoms with E-state index in [2.05, 4.69) is 32.2 Å². The lowest BCUT2D eigenvalue weighted by Crippen LogP contribution is -2.38. The molecule has 0 aromatic carbocycles. The fraction of sp³-hybridized carbons (Fsp3) is 0.846. The van der Waals surface area contributed by atoms with Gasteiger partial charge in [-0.3, -0.25) is 0 Å². The highest BCUT2D eigenvalue weighted by atomic mass is 16.5. The summed E-state index contributed by atoms with van der Waals surface area (Å²) in [5, 5.41) is 3.60. The van der Waals surface area contributed by atoms with Crippen LogP contribution in [-0.4, -0.2) is 19.2 Å². The minimum absolute atomic E-state index is 0.426. The summed E-state index contributed by atoms with van der Waals surface area (Å²) in [5.74, 6) is 1.84. The van der Waals surface area contributed by atoms with E-state index in [0.29, 0.717) is 12.0 Å². The fourth-order valence-corrected chi connectivity index (χ4v) is 1.91. The molecule has 88 valence electrons. The Kier molecular flexibility index (Phi) is 5.77. The maximum absolute atomic E-state index is 5.76. The van der Waals surface area contributed by atoms with Gasteiger partial charge in [0.1, 0.15) is 5.76 Å². The quantitative estimate of drug-likeness (QED) is 0.729. The molecule has 1 N–H and O–H groups in total. The largest absolute Gasteiger partial charge is 0.497 e. The first-order valence-corrected chi connectivity index (χ1v) is 6.35. The van der Waals surface area contributed by atoms with Gasteiger partial charge in [0, 0.05) is 0 Å². The zero-order valence-corrected chi connectivity index (χ0v) is 10.4. The lowest BCUT2D eigenvalue weighted by molar-refractivity contribution is 0.152. The van der Waals surface area contributed by atoms with Gasteiger partial charge in [-0.1, -0.05) is 27.2 Å². The first-order chi connectivity index (χ1) is 7.29. The van der Waals surface area contributed by atoms with Gasteiger partial charge in [-0.2, -0.15) is 0 Å². The monoisotopic (exact) mass is 211 g/mol. The highest BCUT2D eigenvalue weighted by Gasteiger charge is 2.22. The van der Waals surface area contributed by atoms with Crippen molar-refractivity contribution in [2.24, 2.45) is 5.92 Å². The Morgan fingerprint density at radius 2 is 2.27 bits per heavy atom. The molecule has 0 saturated heterocycles. The van der Waals surface area contributed by atoms with Crippen molar-refractivity contribution in [1.29, 1.82) is 0 Å². The van der Waals surface area contributed by atoms with E-state index in [-0.39, 0.29) is 0 Å². The van der Waals surface area contributed by atoms with Crippen LogP contribution in [0.2, 0.25) is 0 Å². The second-order valence-electron chi connectivity index (χ2n) is 4.41. The van der Waals surface area contributed by atoms with Gasteiger partial charge in [0.15, 0.2) is 0 Å². The summed E-state index contributed by atoms with van der Waals surface area (Å²) >= 11 is 0. The summed E-state index contributed by atoms with van der Waals surface area (Å²) in [6.07, 6.45) is 6.99. The maximum atomic E-state index is 5.76. The average molecular weight is 211 g/mol. The molecule has 2 nitrogen and oxygen atoms in total. The van der Waals surface area contributed by atoms with E-state index < -0.39 is 0 Å². The van der Waals surface area contributed by atoms with Gasteiger partial charge in [0.2, 0.25) is 0 Å². The summed E-state index contributed by atoms with van der Waals surface area (Å²) in [4.78, 5) is 0. The van der Waals surface area contributed by atoms with Crippen LogP contribution in [0.15, 0.2) is 11.8 Å². The summed E-state index contributed by atoms with van der Waals surface area (Å²) < 4.78 is 5.76. The van der Waals surface area contributed by atoms with Gasteiger partial charge in [0.25, 0.3) is 0 Å². The van der Waals surface area contributed by atoms with Crippen LogP contribution >= 0.6 is 0 Å². The van der Waals surface area contributed by atoms with E-state index in [9.17, 15) is 0 Å². The highest BCUT2D eigenvalue weighted by molar-refractivity contribution is 5.07. The third-order valence-electron chi connectivity index (χ3n) is 3.10. The van der Waals surface area contributed by atoms with Crippen LogP contribution in [0.3, 0.4) is 0 Å². The Labute approximate surface area is 94.1 Å². The van der Waals surface area contributed by atoms with Gasteiger partial charge < -0.3 is 10.1 Å². The van der Waals surface area contributed by atoms with Gasteiger partial charge in [-0.15, -0.1) is 0 Å². The standard InChI is InChI=1S/C13H25NO/c1-4-9-14-13(11(3)5-2)12-8-6-7-10-15-12/h8,11,13-14H,4-7,9-10H2,1-3H3. The van der Waals surface area contributed by atoms with Crippen molar-refractivity contribution in [3.63, 3.8) is 0 Å². The van der Waals surface area contributed by atoms with Crippen LogP contribution in [0.4, 0.5) is 0 Å². The molecule has 2 unspecified atom stereocenters. The molecule has 15 heavy (non-hydrogen) atoms. The van der Waals surface area contributed by atoms with Crippen molar-refractivity contribution in [2.45, 2.75) is 52.5 Å². The number of nitrogens with one attached hydrogen (secondary N) is 1. The maximum Gasteiger partial charge on any atom is 0.109 e. The molecule has 0 radical (unpaired) electrons. The fourth-order valence-electron chi connectivity index (χ4n) is 1.91. The molecule has 1 heterocycles. The van der Waals surface area contributed by atoms with Crippen molar-refractivity contribution in [3.05, 3.63) is 11.8 Å². The van der Waals surface area contributed by atoms with Crippen molar-refractivity contribution >= 4 is 0 Å². The molecule has 0 bridgehead atoms. The van der Waals surface area contributed by atoms with Crippen molar-refractivity contribution in [1.82, 2.24) is 5.32 Å². The summed E-state index contributed by atoms with van der Waals surface area (Å²) in [7, 11) is 0. The number of ether oxygens (including phenoxy) is 1. The Morgan fingerprint density at radius 3 is 2.80 bits per heavy atom. The molecule has 2 atom stereocenters. The average Bonchev–Trinajstić information content (AvgIpc) is 2.30. The number of hydrogen-bond acceptors (Lipinski definition) is 2. The SMILES string of the molecule is CCCNC(C1=CCCCO1)C(C)CC. The van der Waals surface area contributed by atoms with E-state index in [1.807, 2.05) is 0 Å². The predicted octanol–water partition coefficient (Wildman–Crippen LogP) is 3.10. The molecule has 1 rings (SSSR count). The molecule has 0 saturated carbocycles. The Hall–Kier alpha value is -0.500. The molecule has 1 aliphatic heterocycles. The topological polar surface area (TPSA) is 21.3 Å². The molecule has 0 amide bonds. The molecule has 1 aliphatic rings. The number of rotatable bonds is 6. The van der Waals surface area contributed by atoms with E-state index in [1.54, 1.807) is 0 Å². The smallest absolute Gasteiger partial charge is 0.109 e. The van der Waals surface area contributed by atoms with E-state index in [1.165, 1.54) is 31.4 Å². The van der Waals surface area contributed by atoms with E-state index in [0.717, 1.165) is 13.2 Å². The van der Waals surface area contributed by atoms with Gasteiger partial charge in [0.05, 0.1) is 12.6 Å². The third-order valence-corrected chi connectivity index (χ3v) is 3.10. The molecule has 0 aliphatic carbocycles. The lowest BCUT2D eigenvalue weighted by atomic mass is 9.96.